The summed E-state index contributed by atoms with van der Waals surface area (Å²) in [5, 5.41) is 0.835. The fraction of sp³-hybridized carbons (Fsp3) is 0.600. The van der Waals surface area contributed by atoms with Gasteiger partial charge in [-0.3, -0.25) is 0 Å². The third-order valence-corrected chi connectivity index (χ3v) is 3.28. The molecule has 0 saturated carbocycles. The molecule has 2 nitrogen and oxygen atoms in total. The van der Waals surface area contributed by atoms with Crippen LogP contribution in [0.3, 0.4) is 0 Å². The quantitative estimate of drug-likeness (QED) is 0.814. The zero-order valence-electron chi connectivity index (χ0n) is 11.7. The minimum absolute atomic E-state index is 0.149. The lowest BCUT2D eigenvalue weighted by Crippen LogP contribution is -2.25. The molecular weight excluding hydrogens is 244 g/mol. The molecule has 0 saturated heterocycles. The van der Waals surface area contributed by atoms with Gasteiger partial charge in [-0.2, -0.15) is 0 Å². The van der Waals surface area contributed by atoms with Gasteiger partial charge in [0.05, 0.1) is 0 Å². The fourth-order valence-electron chi connectivity index (χ4n) is 2.16. The van der Waals surface area contributed by atoms with Crippen LogP contribution in [0.4, 0.5) is 5.69 Å². The van der Waals surface area contributed by atoms with Crippen molar-refractivity contribution < 1.29 is 0 Å². The fourth-order valence-corrected chi connectivity index (χ4v) is 2.41. The van der Waals surface area contributed by atoms with E-state index in [9.17, 15) is 0 Å². The molecule has 0 aliphatic rings. The Morgan fingerprint density at radius 2 is 1.83 bits per heavy atom. The average Bonchev–Trinajstić information content (AvgIpc) is 2.31. The molecule has 1 rings (SSSR count). The van der Waals surface area contributed by atoms with Crippen LogP contribution in [-0.2, 0) is 6.42 Å². The topological polar surface area (TPSA) is 29.3 Å². The molecule has 1 atom stereocenters. The number of nitrogens with two attached hydrogens (primary N) is 1. The van der Waals surface area contributed by atoms with Crippen molar-refractivity contribution in [2.45, 2.75) is 46.1 Å². The first kappa shape index (κ1) is 15.3. The summed E-state index contributed by atoms with van der Waals surface area (Å²) < 4.78 is 0. The Balaban J connectivity index is 2.86. The average molecular weight is 269 g/mol. The smallest absolute Gasteiger partial charge is 0.0459 e. The summed E-state index contributed by atoms with van der Waals surface area (Å²) in [5.74, 6) is 0. The van der Waals surface area contributed by atoms with Gasteiger partial charge in [0.15, 0.2) is 0 Å². The molecule has 0 radical (unpaired) electrons. The molecule has 1 unspecified atom stereocenters. The van der Waals surface area contributed by atoms with Gasteiger partial charge in [-0.1, -0.05) is 31.5 Å². The summed E-state index contributed by atoms with van der Waals surface area (Å²) in [4.78, 5) is 2.39. The Kier molecular flexibility index (Phi) is 6.51. The normalized spacial score (nSPS) is 12.5. The Morgan fingerprint density at radius 1 is 1.22 bits per heavy atom. The van der Waals surface area contributed by atoms with E-state index in [0.29, 0.717) is 0 Å². The second-order valence-corrected chi connectivity index (χ2v) is 5.35. The highest BCUT2D eigenvalue weighted by atomic mass is 35.5. The Bertz CT molecular complexity index is 358. The third kappa shape index (κ3) is 4.51. The third-order valence-electron chi connectivity index (χ3n) is 2.93. The summed E-state index contributed by atoms with van der Waals surface area (Å²) in [5.41, 5.74) is 8.18. The van der Waals surface area contributed by atoms with Gasteiger partial charge in [0.25, 0.3) is 0 Å². The molecule has 3 heteroatoms. The van der Waals surface area contributed by atoms with E-state index in [1.807, 2.05) is 6.92 Å². The van der Waals surface area contributed by atoms with E-state index >= 15 is 0 Å². The van der Waals surface area contributed by atoms with Crippen molar-refractivity contribution >= 4 is 17.3 Å². The van der Waals surface area contributed by atoms with Crippen molar-refractivity contribution in [3.05, 3.63) is 28.8 Å². The number of halogens is 1. The van der Waals surface area contributed by atoms with Crippen molar-refractivity contribution in [3.8, 4) is 0 Å². The molecule has 0 fully saturated rings. The lowest BCUT2D eigenvalue weighted by Gasteiger charge is -2.24. The maximum Gasteiger partial charge on any atom is 0.0459 e. The molecule has 102 valence electrons. The minimum atomic E-state index is 0.149. The van der Waals surface area contributed by atoms with E-state index in [1.54, 1.807) is 0 Å². The van der Waals surface area contributed by atoms with Crippen molar-refractivity contribution in [2.24, 2.45) is 5.73 Å². The number of hydrogen-bond acceptors (Lipinski definition) is 2. The van der Waals surface area contributed by atoms with Crippen LogP contribution >= 0.6 is 11.6 Å². The molecule has 2 N–H and O–H groups in total. The van der Waals surface area contributed by atoms with Crippen molar-refractivity contribution in [3.63, 3.8) is 0 Å². The molecule has 0 bridgehead atoms. The van der Waals surface area contributed by atoms with Crippen LogP contribution in [0.15, 0.2) is 18.2 Å². The van der Waals surface area contributed by atoms with Crippen LogP contribution in [0.2, 0.25) is 5.02 Å². The summed E-state index contributed by atoms with van der Waals surface area (Å²) >= 11 is 6.34. The highest BCUT2D eigenvalue weighted by molar-refractivity contribution is 6.31. The molecule has 1 aromatic rings. The van der Waals surface area contributed by atoms with Crippen molar-refractivity contribution in [1.29, 1.82) is 0 Å². The molecule has 0 amide bonds. The predicted octanol–water partition coefficient (Wildman–Crippen LogP) is 3.86. The Hall–Kier alpha value is -0.730. The first-order valence-corrected chi connectivity index (χ1v) is 7.25. The molecular formula is C15H25ClN2. The van der Waals surface area contributed by atoms with Crippen molar-refractivity contribution in [2.75, 3.05) is 18.0 Å². The largest absolute Gasteiger partial charge is 0.372 e. The van der Waals surface area contributed by atoms with Gasteiger partial charge in [-0.05, 0) is 43.9 Å². The lowest BCUT2D eigenvalue weighted by molar-refractivity contribution is 0.734. The van der Waals surface area contributed by atoms with Crippen LogP contribution in [0.1, 0.15) is 39.2 Å². The Labute approximate surface area is 116 Å². The van der Waals surface area contributed by atoms with Gasteiger partial charge in [0, 0.05) is 29.8 Å². The Morgan fingerprint density at radius 3 is 2.28 bits per heavy atom. The number of rotatable bonds is 7. The lowest BCUT2D eigenvalue weighted by atomic mass is 10.1. The van der Waals surface area contributed by atoms with Crippen LogP contribution in [0.5, 0.6) is 0 Å². The SMILES string of the molecule is CCCN(CCC)c1ccc(CC(C)N)c(Cl)c1. The van der Waals surface area contributed by atoms with Gasteiger partial charge in [0.1, 0.15) is 0 Å². The number of hydrogen-bond donors (Lipinski definition) is 1. The summed E-state index contributed by atoms with van der Waals surface area (Å²) in [6.45, 7) is 8.57. The number of anilines is 1. The monoisotopic (exact) mass is 268 g/mol. The zero-order valence-corrected chi connectivity index (χ0v) is 12.5. The van der Waals surface area contributed by atoms with E-state index in [4.69, 9.17) is 17.3 Å². The molecule has 0 aliphatic heterocycles. The molecule has 0 aliphatic carbocycles. The van der Waals surface area contributed by atoms with E-state index in [1.165, 1.54) is 5.69 Å². The number of benzene rings is 1. The molecule has 18 heavy (non-hydrogen) atoms. The molecule has 0 heterocycles. The van der Waals surface area contributed by atoms with E-state index in [-0.39, 0.29) is 6.04 Å². The van der Waals surface area contributed by atoms with Gasteiger partial charge in [0.2, 0.25) is 0 Å². The van der Waals surface area contributed by atoms with Gasteiger partial charge in [-0.15, -0.1) is 0 Å². The summed E-state index contributed by atoms with van der Waals surface area (Å²) in [6, 6.07) is 6.49. The zero-order chi connectivity index (χ0) is 13.5. The van der Waals surface area contributed by atoms with Gasteiger partial charge in [-0.25, -0.2) is 0 Å². The highest BCUT2D eigenvalue weighted by Gasteiger charge is 2.08. The standard InChI is InChI=1S/C15H25ClN2/c1-4-8-18(9-5-2)14-7-6-13(10-12(3)17)15(16)11-14/h6-7,11-12H,4-5,8-10,17H2,1-3H3. The molecule has 0 aromatic heterocycles. The maximum atomic E-state index is 6.34. The van der Waals surface area contributed by atoms with Gasteiger partial charge < -0.3 is 10.6 Å². The summed E-state index contributed by atoms with van der Waals surface area (Å²) in [6.07, 6.45) is 3.14. The van der Waals surface area contributed by atoms with Gasteiger partial charge >= 0.3 is 0 Å². The van der Waals surface area contributed by atoms with E-state index in [0.717, 1.165) is 42.9 Å². The maximum absolute atomic E-state index is 6.34. The molecule has 1 aromatic carbocycles. The predicted molar refractivity (Wildman–Crippen MR) is 81.6 cm³/mol. The first-order valence-electron chi connectivity index (χ1n) is 6.87. The first-order chi connectivity index (χ1) is 8.58. The molecule has 0 spiro atoms. The van der Waals surface area contributed by atoms with E-state index in [2.05, 4.69) is 36.9 Å². The minimum Gasteiger partial charge on any atom is -0.372 e. The van der Waals surface area contributed by atoms with Crippen LogP contribution in [0, 0.1) is 0 Å². The number of nitrogens with zero attached hydrogens (tertiary/aromatic N) is 1. The second-order valence-electron chi connectivity index (χ2n) is 4.94. The van der Waals surface area contributed by atoms with Crippen LogP contribution in [-0.4, -0.2) is 19.1 Å². The van der Waals surface area contributed by atoms with Crippen LogP contribution in [0.25, 0.3) is 0 Å². The second kappa shape index (κ2) is 7.65. The summed E-state index contributed by atoms with van der Waals surface area (Å²) in [7, 11) is 0. The van der Waals surface area contributed by atoms with Crippen LogP contribution < -0.4 is 10.6 Å². The highest BCUT2D eigenvalue weighted by Crippen LogP contribution is 2.25. The van der Waals surface area contributed by atoms with Crippen molar-refractivity contribution in [1.82, 2.24) is 0 Å². The van der Waals surface area contributed by atoms with E-state index < -0.39 is 0 Å².